The Balaban J connectivity index is 1.54. The third-order valence-electron chi connectivity index (χ3n) is 4.68. The second-order valence-corrected chi connectivity index (χ2v) is 6.33. The molecule has 7 nitrogen and oxygen atoms in total. The number of rotatable bonds is 4. The molecule has 2 aromatic heterocycles. The van der Waals surface area contributed by atoms with E-state index in [1.807, 2.05) is 6.20 Å². The molecule has 4 rings (SSSR count). The average molecular weight is 337 g/mol. The van der Waals surface area contributed by atoms with Gasteiger partial charge in [-0.25, -0.2) is 4.68 Å². The number of hydrogen-bond acceptors (Lipinski definition) is 4. The fourth-order valence-electron chi connectivity index (χ4n) is 3.28. The highest BCUT2D eigenvalue weighted by Gasteiger charge is 2.16. The summed E-state index contributed by atoms with van der Waals surface area (Å²) in [6, 6.07) is 6.84. The molecule has 0 radical (unpaired) electrons. The minimum Gasteiger partial charge on any atom is -0.267 e. The monoisotopic (exact) mass is 337 g/mol. The van der Waals surface area contributed by atoms with Gasteiger partial charge < -0.3 is 0 Å². The van der Waals surface area contributed by atoms with Crippen LogP contribution in [0.2, 0.25) is 0 Å². The van der Waals surface area contributed by atoms with Crippen LogP contribution in [0.15, 0.2) is 52.2 Å². The zero-order valence-corrected chi connectivity index (χ0v) is 13.8. The van der Waals surface area contributed by atoms with Crippen LogP contribution in [0.4, 0.5) is 0 Å². The molecular formula is C18H19N5O2. The molecule has 0 aliphatic heterocycles. The molecule has 0 fully saturated rings. The standard InChI is InChI=1S/C18H19N5O2/c24-17-14-8-4-5-9-15(14)18(25)23(20-17)11-10-22-12-16(19-21-22)13-6-2-1-3-7-13/h1-2,4-5,8-9,12-13H,3,6-7,10-11H2,(H,20,24)/t13-/m1/s1. The quantitative estimate of drug-likeness (QED) is 0.736. The number of fused-ring (bicyclic) bond motifs is 1. The summed E-state index contributed by atoms with van der Waals surface area (Å²) in [7, 11) is 0. The largest absolute Gasteiger partial charge is 0.273 e. The number of nitrogens with one attached hydrogen (secondary N) is 1. The molecule has 1 atom stereocenters. The molecule has 1 N–H and O–H groups in total. The highest BCUT2D eigenvalue weighted by Crippen LogP contribution is 2.27. The van der Waals surface area contributed by atoms with E-state index in [-0.39, 0.29) is 11.1 Å². The number of benzene rings is 1. The Kier molecular flexibility index (Phi) is 4.05. The second kappa shape index (κ2) is 6.51. The molecule has 3 aromatic rings. The zero-order valence-electron chi connectivity index (χ0n) is 13.8. The Morgan fingerprint density at radius 3 is 2.76 bits per heavy atom. The first-order valence-electron chi connectivity index (χ1n) is 8.49. The van der Waals surface area contributed by atoms with Gasteiger partial charge in [-0.1, -0.05) is 29.5 Å². The van der Waals surface area contributed by atoms with Gasteiger partial charge in [0, 0.05) is 12.1 Å². The Morgan fingerprint density at radius 2 is 1.96 bits per heavy atom. The number of H-pyrrole nitrogens is 1. The van der Waals surface area contributed by atoms with Gasteiger partial charge in [-0.3, -0.25) is 19.4 Å². The third kappa shape index (κ3) is 3.05. The van der Waals surface area contributed by atoms with E-state index in [9.17, 15) is 9.59 Å². The van der Waals surface area contributed by atoms with Crippen LogP contribution in [0.5, 0.6) is 0 Å². The minimum atomic E-state index is -0.261. The van der Waals surface area contributed by atoms with E-state index in [0.717, 1.165) is 25.0 Å². The first-order chi connectivity index (χ1) is 12.2. The lowest BCUT2D eigenvalue weighted by Crippen LogP contribution is -2.31. The fraction of sp³-hybridized carbons (Fsp3) is 0.333. The first kappa shape index (κ1) is 15.6. The van der Waals surface area contributed by atoms with Gasteiger partial charge >= 0.3 is 0 Å². The molecule has 0 saturated carbocycles. The van der Waals surface area contributed by atoms with Gasteiger partial charge in [0.1, 0.15) is 0 Å². The maximum absolute atomic E-state index is 12.5. The van der Waals surface area contributed by atoms with Crippen molar-refractivity contribution in [1.29, 1.82) is 0 Å². The highest BCUT2D eigenvalue weighted by atomic mass is 16.2. The summed E-state index contributed by atoms with van der Waals surface area (Å²) in [5.74, 6) is 0.418. The summed E-state index contributed by atoms with van der Waals surface area (Å²) < 4.78 is 3.07. The molecular weight excluding hydrogens is 318 g/mol. The fourth-order valence-corrected chi connectivity index (χ4v) is 3.28. The minimum absolute atomic E-state index is 0.201. The van der Waals surface area contributed by atoms with Crippen molar-refractivity contribution in [2.75, 3.05) is 0 Å². The summed E-state index contributed by atoms with van der Waals surface area (Å²) in [4.78, 5) is 24.6. The van der Waals surface area contributed by atoms with Crippen molar-refractivity contribution in [2.24, 2.45) is 0 Å². The van der Waals surface area contributed by atoms with Crippen LogP contribution in [-0.4, -0.2) is 24.8 Å². The molecule has 128 valence electrons. The average Bonchev–Trinajstić information content (AvgIpc) is 3.13. The summed E-state index contributed by atoms with van der Waals surface area (Å²) in [6.45, 7) is 0.815. The van der Waals surface area contributed by atoms with Gasteiger partial charge in [0.2, 0.25) is 0 Å². The molecule has 1 aliphatic carbocycles. The maximum atomic E-state index is 12.5. The third-order valence-corrected chi connectivity index (χ3v) is 4.68. The zero-order chi connectivity index (χ0) is 17.2. The number of allylic oxidation sites excluding steroid dienone is 2. The molecule has 1 aliphatic rings. The summed E-state index contributed by atoms with van der Waals surface area (Å²) >= 11 is 0. The highest BCUT2D eigenvalue weighted by molar-refractivity contribution is 5.80. The molecule has 1 aromatic carbocycles. The van der Waals surface area contributed by atoms with Crippen LogP contribution >= 0.6 is 0 Å². The SMILES string of the molecule is O=c1[nH]n(CCn2cc([C@@H]3CC=CCC3)nn2)c(=O)c2ccccc12. The predicted molar refractivity (Wildman–Crippen MR) is 94.6 cm³/mol. The van der Waals surface area contributed by atoms with Crippen molar-refractivity contribution in [2.45, 2.75) is 38.3 Å². The van der Waals surface area contributed by atoms with E-state index in [4.69, 9.17) is 0 Å². The number of aromatic nitrogens is 5. The smallest absolute Gasteiger partial charge is 0.267 e. The van der Waals surface area contributed by atoms with Crippen LogP contribution in [0.1, 0.15) is 30.9 Å². The normalized spacial score (nSPS) is 17.2. The van der Waals surface area contributed by atoms with Gasteiger partial charge in [0.15, 0.2) is 0 Å². The number of hydrogen-bond donors (Lipinski definition) is 1. The van der Waals surface area contributed by atoms with E-state index >= 15 is 0 Å². The summed E-state index contributed by atoms with van der Waals surface area (Å²) in [6.07, 6.45) is 9.48. The second-order valence-electron chi connectivity index (χ2n) is 6.33. The molecule has 25 heavy (non-hydrogen) atoms. The summed E-state index contributed by atoms with van der Waals surface area (Å²) in [5, 5.41) is 11.9. The molecule has 2 heterocycles. The lowest BCUT2D eigenvalue weighted by molar-refractivity contribution is 0.473. The van der Waals surface area contributed by atoms with Gasteiger partial charge in [-0.2, -0.15) is 0 Å². The van der Waals surface area contributed by atoms with Crippen molar-refractivity contribution < 1.29 is 0 Å². The molecule has 0 spiro atoms. The van der Waals surface area contributed by atoms with Crippen molar-refractivity contribution in [3.05, 3.63) is 69.0 Å². The van der Waals surface area contributed by atoms with E-state index in [0.29, 0.717) is 29.8 Å². The molecule has 0 saturated heterocycles. The van der Waals surface area contributed by atoms with E-state index in [1.54, 1.807) is 28.9 Å². The topological polar surface area (TPSA) is 85.6 Å². The van der Waals surface area contributed by atoms with E-state index in [2.05, 4.69) is 27.6 Å². The number of aryl methyl sites for hydroxylation is 2. The van der Waals surface area contributed by atoms with Crippen LogP contribution in [0, 0.1) is 0 Å². The first-order valence-corrected chi connectivity index (χ1v) is 8.49. The van der Waals surface area contributed by atoms with Crippen LogP contribution in [-0.2, 0) is 13.1 Å². The predicted octanol–water partition coefficient (Wildman–Crippen LogP) is 1.81. The lowest BCUT2D eigenvalue weighted by Gasteiger charge is -2.13. The molecule has 0 bridgehead atoms. The van der Waals surface area contributed by atoms with Crippen molar-refractivity contribution >= 4 is 10.8 Å². The molecule has 0 unspecified atom stereocenters. The van der Waals surface area contributed by atoms with Gasteiger partial charge in [0.05, 0.1) is 29.6 Å². The Bertz CT molecular complexity index is 1040. The van der Waals surface area contributed by atoms with Crippen LogP contribution in [0.25, 0.3) is 10.8 Å². The van der Waals surface area contributed by atoms with Crippen molar-refractivity contribution in [3.8, 4) is 0 Å². The lowest BCUT2D eigenvalue weighted by atomic mass is 9.92. The van der Waals surface area contributed by atoms with Crippen molar-refractivity contribution in [1.82, 2.24) is 24.8 Å². The summed E-state index contributed by atoms with van der Waals surface area (Å²) in [5.41, 5.74) is 0.528. The molecule has 7 heteroatoms. The maximum Gasteiger partial charge on any atom is 0.273 e. The van der Waals surface area contributed by atoms with Crippen LogP contribution in [0.3, 0.4) is 0 Å². The van der Waals surface area contributed by atoms with E-state index in [1.165, 1.54) is 4.68 Å². The van der Waals surface area contributed by atoms with Gasteiger partial charge in [-0.15, -0.1) is 5.10 Å². The Hall–Kier alpha value is -2.96. The number of nitrogens with zero attached hydrogens (tertiary/aromatic N) is 4. The Morgan fingerprint density at radius 1 is 1.12 bits per heavy atom. The Labute approximate surface area is 143 Å². The van der Waals surface area contributed by atoms with E-state index < -0.39 is 0 Å². The number of aromatic amines is 1. The molecule has 0 amide bonds. The van der Waals surface area contributed by atoms with Crippen LogP contribution < -0.4 is 11.1 Å². The van der Waals surface area contributed by atoms with Crippen molar-refractivity contribution in [3.63, 3.8) is 0 Å². The van der Waals surface area contributed by atoms with Gasteiger partial charge in [0.25, 0.3) is 11.1 Å². The van der Waals surface area contributed by atoms with Gasteiger partial charge in [-0.05, 0) is 31.4 Å².